The van der Waals surface area contributed by atoms with Crippen LogP contribution in [0.5, 0.6) is 0 Å². The lowest BCUT2D eigenvalue weighted by Crippen LogP contribution is -2.48. The molecule has 3 N–H and O–H groups in total. The van der Waals surface area contributed by atoms with Crippen LogP contribution in [0.4, 0.5) is 0 Å². The van der Waals surface area contributed by atoms with E-state index in [2.05, 4.69) is 53.4 Å². The molecular weight excluding hydrogens is 350 g/mol. The quantitative estimate of drug-likeness (QED) is 0.424. The Hall–Kier alpha value is -1.66. The second-order valence-corrected chi connectivity index (χ2v) is 8.24. The molecule has 1 aliphatic heterocycles. The molecule has 1 atom stereocenters. The van der Waals surface area contributed by atoms with Crippen molar-refractivity contribution < 1.29 is 5.11 Å². The van der Waals surface area contributed by atoms with Crippen molar-refractivity contribution >= 4 is 5.96 Å². The fourth-order valence-electron chi connectivity index (χ4n) is 3.82. The normalized spacial score (nSPS) is 17.7. The van der Waals surface area contributed by atoms with E-state index in [0.29, 0.717) is 17.9 Å². The minimum absolute atomic E-state index is 0.242. The molecule has 0 amide bonds. The Bertz CT molecular complexity index is 555. The van der Waals surface area contributed by atoms with Crippen LogP contribution in [0.15, 0.2) is 29.4 Å². The van der Waals surface area contributed by atoms with Gasteiger partial charge in [-0.25, -0.2) is 0 Å². The number of aromatic nitrogens is 1. The van der Waals surface area contributed by atoms with Crippen molar-refractivity contribution in [1.82, 2.24) is 20.5 Å². The predicted molar refractivity (Wildman–Crippen MR) is 116 cm³/mol. The van der Waals surface area contributed by atoms with Crippen LogP contribution in [0.2, 0.25) is 0 Å². The summed E-state index contributed by atoms with van der Waals surface area (Å²) in [7, 11) is 0. The molecule has 0 aliphatic carbocycles. The molecule has 6 heteroatoms. The topological polar surface area (TPSA) is 72.8 Å². The lowest BCUT2D eigenvalue weighted by atomic mass is 9.94. The van der Waals surface area contributed by atoms with Gasteiger partial charge in [-0.1, -0.05) is 19.9 Å². The summed E-state index contributed by atoms with van der Waals surface area (Å²) in [5.41, 5.74) is 1.14. The molecule has 1 saturated heterocycles. The summed E-state index contributed by atoms with van der Waals surface area (Å²) in [5.74, 6) is 1.99. The smallest absolute Gasteiger partial charge is 0.191 e. The summed E-state index contributed by atoms with van der Waals surface area (Å²) in [6.07, 6.45) is 6.03. The monoisotopic (exact) mass is 389 g/mol. The summed E-state index contributed by atoms with van der Waals surface area (Å²) >= 11 is 0. The van der Waals surface area contributed by atoms with Crippen LogP contribution >= 0.6 is 0 Å². The molecule has 0 bridgehead atoms. The molecule has 2 heterocycles. The van der Waals surface area contributed by atoms with Gasteiger partial charge in [-0.15, -0.1) is 0 Å². The molecule has 1 unspecified atom stereocenters. The highest BCUT2D eigenvalue weighted by Crippen LogP contribution is 2.16. The number of rotatable bonds is 10. The molecule has 1 fully saturated rings. The first-order valence-corrected chi connectivity index (χ1v) is 10.9. The molecule has 0 radical (unpaired) electrons. The Morgan fingerprint density at radius 2 is 2.11 bits per heavy atom. The molecule has 1 aromatic heterocycles. The van der Waals surface area contributed by atoms with Gasteiger partial charge in [0, 0.05) is 51.6 Å². The zero-order valence-electron chi connectivity index (χ0n) is 17.9. The standard InChI is InChI=1S/C22H39N5O/c1-4-23-22(25-16-19(10-14-28)15-18(2)3)26-20-8-12-27(13-9-20)17-21-7-5-6-11-24-21/h5-7,11,18-20,28H,4,8-10,12-17H2,1-3H3,(H2,23,25,26). The minimum atomic E-state index is 0.242. The van der Waals surface area contributed by atoms with Crippen molar-refractivity contribution in [3.05, 3.63) is 30.1 Å². The van der Waals surface area contributed by atoms with E-state index in [4.69, 9.17) is 4.99 Å². The fraction of sp³-hybridized carbons (Fsp3) is 0.727. The van der Waals surface area contributed by atoms with E-state index >= 15 is 0 Å². The van der Waals surface area contributed by atoms with Gasteiger partial charge in [-0.05, 0) is 56.6 Å². The minimum Gasteiger partial charge on any atom is -0.396 e. The first-order valence-electron chi connectivity index (χ1n) is 10.9. The number of aliphatic hydroxyl groups is 1. The maximum atomic E-state index is 9.32. The SMILES string of the molecule is CCNC(=NCC(CCO)CC(C)C)NC1CCN(Cc2ccccn2)CC1. The molecule has 0 saturated carbocycles. The van der Waals surface area contributed by atoms with Crippen molar-refractivity contribution in [2.75, 3.05) is 32.8 Å². The van der Waals surface area contributed by atoms with E-state index in [9.17, 15) is 5.11 Å². The van der Waals surface area contributed by atoms with E-state index in [-0.39, 0.29) is 6.61 Å². The van der Waals surface area contributed by atoms with Gasteiger partial charge in [0.25, 0.3) is 0 Å². The van der Waals surface area contributed by atoms with Gasteiger partial charge in [0.2, 0.25) is 0 Å². The van der Waals surface area contributed by atoms with E-state index in [1.165, 1.54) is 0 Å². The van der Waals surface area contributed by atoms with E-state index < -0.39 is 0 Å². The second-order valence-electron chi connectivity index (χ2n) is 8.24. The highest BCUT2D eigenvalue weighted by molar-refractivity contribution is 5.80. The number of piperidine rings is 1. The zero-order chi connectivity index (χ0) is 20.2. The van der Waals surface area contributed by atoms with Gasteiger partial charge in [0.05, 0.1) is 5.69 Å². The summed E-state index contributed by atoms with van der Waals surface area (Å²) < 4.78 is 0. The Kier molecular flexibility index (Phi) is 10.3. The van der Waals surface area contributed by atoms with E-state index in [0.717, 1.165) is 70.1 Å². The summed E-state index contributed by atoms with van der Waals surface area (Å²) in [6, 6.07) is 6.58. The number of nitrogens with zero attached hydrogens (tertiary/aromatic N) is 3. The Labute approximate surface area is 170 Å². The van der Waals surface area contributed by atoms with Gasteiger partial charge >= 0.3 is 0 Å². The Balaban J connectivity index is 1.81. The number of aliphatic hydroxyl groups excluding tert-OH is 1. The summed E-state index contributed by atoms with van der Waals surface area (Å²) in [6.45, 7) is 11.5. The summed E-state index contributed by atoms with van der Waals surface area (Å²) in [4.78, 5) is 11.7. The maximum Gasteiger partial charge on any atom is 0.191 e. The Morgan fingerprint density at radius 3 is 2.71 bits per heavy atom. The van der Waals surface area contributed by atoms with Gasteiger partial charge in [-0.3, -0.25) is 14.9 Å². The molecular formula is C22H39N5O. The molecule has 158 valence electrons. The zero-order valence-corrected chi connectivity index (χ0v) is 17.9. The number of nitrogens with one attached hydrogen (secondary N) is 2. The fourth-order valence-corrected chi connectivity index (χ4v) is 3.82. The molecule has 0 aromatic carbocycles. The van der Waals surface area contributed by atoms with Crippen LogP contribution in [0, 0.1) is 11.8 Å². The number of hydrogen-bond acceptors (Lipinski definition) is 4. The lowest BCUT2D eigenvalue weighted by Gasteiger charge is -2.33. The second kappa shape index (κ2) is 12.7. The molecule has 1 aromatic rings. The number of aliphatic imine (C=N–C) groups is 1. The largest absolute Gasteiger partial charge is 0.396 e. The predicted octanol–water partition coefficient (Wildman–Crippen LogP) is 2.65. The first-order chi connectivity index (χ1) is 13.6. The van der Waals surface area contributed by atoms with Gasteiger partial charge in [-0.2, -0.15) is 0 Å². The molecule has 6 nitrogen and oxygen atoms in total. The number of likely N-dealkylation sites (tertiary alicyclic amines) is 1. The maximum absolute atomic E-state index is 9.32. The highest BCUT2D eigenvalue weighted by atomic mass is 16.3. The van der Waals surface area contributed by atoms with E-state index in [1.807, 2.05) is 12.3 Å². The van der Waals surface area contributed by atoms with E-state index in [1.54, 1.807) is 0 Å². The number of pyridine rings is 1. The van der Waals surface area contributed by atoms with Crippen LogP contribution in [0.1, 0.15) is 52.1 Å². The van der Waals surface area contributed by atoms with Crippen LogP contribution in [-0.2, 0) is 6.54 Å². The van der Waals surface area contributed by atoms with Crippen molar-refractivity contribution in [1.29, 1.82) is 0 Å². The Morgan fingerprint density at radius 1 is 1.32 bits per heavy atom. The average Bonchev–Trinajstić information content (AvgIpc) is 2.68. The van der Waals surface area contributed by atoms with Crippen LogP contribution in [0.3, 0.4) is 0 Å². The molecule has 28 heavy (non-hydrogen) atoms. The average molecular weight is 390 g/mol. The highest BCUT2D eigenvalue weighted by Gasteiger charge is 2.20. The van der Waals surface area contributed by atoms with Gasteiger partial charge < -0.3 is 15.7 Å². The van der Waals surface area contributed by atoms with Crippen LogP contribution in [-0.4, -0.2) is 59.8 Å². The van der Waals surface area contributed by atoms with Crippen molar-refractivity contribution in [2.45, 2.75) is 59.0 Å². The number of guanidine groups is 1. The number of hydrogen-bond donors (Lipinski definition) is 3. The van der Waals surface area contributed by atoms with Crippen LogP contribution < -0.4 is 10.6 Å². The lowest BCUT2D eigenvalue weighted by molar-refractivity contribution is 0.196. The third-order valence-corrected chi connectivity index (χ3v) is 5.23. The molecule has 1 aliphatic rings. The van der Waals surface area contributed by atoms with Gasteiger partial charge in [0.1, 0.15) is 0 Å². The third kappa shape index (κ3) is 8.57. The van der Waals surface area contributed by atoms with Crippen molar-refractivity contribution in [3.8, 4) is 0 Å². The van der Waals surface area contributed by atoms with Gasteiger partial charge in [0.15, 0.2) is 5.96 Å². The van der Waals surface area contributed by atoms with Crippen molar-refractivity contribution in [2.24, 2.45) is 16.8 Å². The molecule has 0 spiro atoms. The van der Waals surface area contributed by atoms with Crippen LogP contribution in [0.25, 0.3) is 0 Å². The first kappa shape index (κ1) is 22.6. The molecule has 2 rings (SSSR count). The van der Waals surface area contributed by atoms with Crippen molar-refractivity contribution in [3.63, 3.8) is 0 Å². The third-order valence-electron chi connectivity index (χ3n) is 5.23. The summed E-state index contributed by atoms with van der Waals surface area (Å²) in [5, 5.41) is 16.3.